The molecule has 2 aromatic carbocycles. The van der Waals surface area contributed by atoms with E-state index >= 15 is 0 Å². The van der Waals surface area contributed by atoms with Crippen molar-refractivity contribution in [3.63, 3.8) is 0 Å². The number of nitrogens with zero attached hydrogens (tertiary/aromatic N) is 6. The molecule has 0 unspecified atom stereocenters. The summed E-state index contributed by atoms with van der Waals surface area (Å²) in [6.07, 6.45) is -4.30. The van der Waals surface area contributed by atoms with Crippen molar-refractivity contribution in [1.29, 1.82) is 0 Å². The van der Waals surface area contributed by atoms with E-state index in [0.29, 0.717) is 63.7 Å². The predicted octanol–water partition coefficient (Wildman–Crippen LogP) is 4.95. The van der Waals surface area contributed by atoms with E-state index in [9.17, 15) is 38.4 Å². The highest BCUT2D eigenvalue weighted by molar-refractivity contribution is 5.94. The fraction of sp³-hybridized carbons (Fsp3) is 0.661. The molecule has 79 heavy (non-hydrogen) atoms. The van der Waals surface area contributed by atoms with Gasteiger partial charge in [0.1, 0.15) is 24.2 Å². The fourth-order valence-electron chi connectivity index (χ4n) is 10.00. The normalized spacial score (nSPS) is 24.8. The molecule has 0 aromatic heterocycles. The second-order valence-electron chi connectivity index (χ2n) is 22.9. The Morgan fingerprint density at radius 3 is 1.10 bits per heavy atom. The van der Waals surface area contributed by atoms with Crippen LogP contribution in [0.5, 0.6) is 0 Å². The number of morpholine rings is 2. The molecule has 0 spiro atoms. The third-order valence-electron chi connectivity index (χ3n) is 14.7. The maximum atomic E-state index is 14.9. The van der Waals surface area contributed by atoms with Gasteiger partial charge in [-0.25, -0.2) is 19.2 Å². The molecule has 2 aromatic rings. The van der Waals surface area contributed by atoms with E-state index < -0.39 is 96.6 Å². The van der Waals surface area contributed by atoms with Gasteiger partial charge in [-0.1, -0.05) is 79.7 Å². The number of benzene rings is 2. The van der Waals surface area contributed by atoms with Crippen molar-refractivity contribution in [1.82, 2.24) is 19.6 Å². The van der Waals surface area contributed by atoms with Gasteiger partial charge in [0.2, 0.25) is 0 Å². The van der Waals surface area contributed by atoms with Gasteiger partial charge in [-0.2, -0.15) is 0 Å². The molecule has 0 N–H and O–H groups in total. The van der Waals surface area contributed by atoms with Crippen LogP contribution in [-0.2, 0) is 79.6 Å². The van der Waals surface area contributed by atoms with Crippen LogP contribution in [0.2, 0.25) is 0 Å². The SMILES string of the molecule is CC(C)C[C@H]1C(=O)O[C@H](Cc2ccc(N3CCOCC3)cc2)C(=O)N(C)[C@@H](CC(C)C)C(=O)O[C@H](C)C(=O)N(C)[C@@H](CC(C)C)C(=O)O[C@H](Cc2ccc(N3CCOCC3)cc2)C(=O)N(C)[C@@H](CC(C)C)C(=O)OCC(=O)N1C. The maximum absolute atomic E-state index is 14.9. The summed E-state index contributed by atoms with van der Waals surface area (Å²) in [6, 6.07) is 9.95. The molecule has 3 fully saturated rings. The van der Waals surface area contributed by atoms with Gasteiger partial charge in [-0.15, -0.1) is 0 Å². The van der Waals surface area contributed by atoms with Crippen molar-refractivity contribution < 1.29 is 66.8 Å². The lowest BCUT2D eigenvalue weighted by atomic mass is 10.00. The first-order chi connectivity index (χ1) is 37.4. The third kappa shape index (κ3) is 18.1. The summed E-state index contributed by atoms with van der Waals surface area (Å²) in [6.45, 7) is 20.6. The van der Waals surface area contributed by atoms with Gasteiger partial charge in [-0.05, 0) is 91.7 Å². The van der Waals surface area contributed by atoms with E-state index in [2.05, 4.69) is 9.80 Å². The molecule has 7 atom stereocenters. The first-order valence-corrected chi connectivity index (χ1v) is 28.0. The summed E-state index contributed by atoms with van der Waals surface area (Å²) in [4.78, 5) is 125. The van der Waals surface area contributed by atoms with E-state index in [1.165, 1.54) is 44.9 Å². The Morgan fingerprint density at radius 2 is 0.747 bits per heavy atom. The van der Waals surface area contributed by atoms with Crippen LogP contribution in [0.4, 0.5) is 11.4 Å². The molecule has 0 radical (unpaired) electrons. The number of likely N-dealkylation sites (N-methyl/N-ethyl adjacent to an activating group) is 4. The van der Waals surface area contributed by atoms with E-state index in [1.54, 1.807) is 0 Å². The second kappa shape index (κ2) is 29.8. The first kappa shape index (κ1) is 63.6. The molecular weight excluding hydrogens is 1020 g/mol. The number of hydrogen-bond acceptors (Lipinski definition) is 16. The number of anilines is 2. The van der Waals surface area contributed by atoms with Crippen molar-refractivity contribution in [2.24, 2.45) is 23.7 Å². The molecule has 3 saturated heterocycles. The summed E-state index contributed by atoms with van der Waals surface area (Å²) < 4.78 is 35.0. The zero-order chi connectivity index (χ0) is 58.2. The zero-order valence-electron chi connectivity index (χ0n) is 49.0. The van der Waals surface area contributed by atoms with Crippen molar-refractivity contribution in [3.05, 3.63) is 59.7 Å². The minimum atomic E-state index is -1.51. The molecule has 438 valence electrons. The van der Waals surface area contributed by atoms with E-state index in [4.69, 9.17) is 28.4 Å². The molecule has 0 bridgehead atoms. The van der Waals surface area contributed by atoms with Crippen molar-refractivity contribution in [2.45, 2.75) is 143 Å². The van der Waals surface area contributed by atoms with Gasteiger partial charge >= 0.3 is 23.9 Å². The Labute approximate surface area is 467 Å². The molecule has 4 amide bonds. The van der Waals surface area contributed by atoms with Crippen molar-refractivity contribution in [3.8, 4) is 0 Å². The lowest BCUT2D eigenvalue weighted by molar-refractivity contribution is -0.175. The topological polar surface area (TPSA) is 211 Å². The number of cyclic esters (lactones) is 4. The fourth-order valence-corrected chi connectivity index (χ4v) is 10.00. The average Bonchev–Trinajstić information content (AvgIpc) is 3.43. The molecule has 3 aliphatic heterocycles. The summed E-state index contributed by atoms with van der Waals surface area (Å²) >= 11 is 0. The van der Waals surface area contributed by atoms with Crippen molar-refractivity contribution in [2.75, 3.05) is 97.2 Å². The van der Waals surface area contributed by atoms with Crippen LogP contribution in [0.1, 0.15) is 99.1 Å². The summed E-state index contributed by atoms with van der Waals surface area (Å²) in [5.74, 6) is -7.25. The van der Waals surface area contributed by atoms with Gasteiger partial charge < -0.3 is 57.8 Å². The molecule has 3 aliphatic rings. The van der Waals surface area contributed by atoms with E-state index in [-0.39, 0.29) is 62.2 Å². The van der Waals surface area contributed by atoms with Gasteiger partial charge in [0.05, 0.1) is 26.4 Å². The smallest absolute Gasteiger partial charge is 0.329 e. The quantitative estimate of drug-likeness (QED) is 0.181. The molecule has 5 rings (SSSR count). The first-order valence-electron chi connectivity index (χ1n) is 28.0. The van der Waals surface area contributed by atoms with Crippen LogP contribution in [0.15, 0.2) is 48.5 Å². The van der Waals surface area contributed by atoms with Crippen LogP contribution < -0.4 is 9.80 Å². The minimum absolute atomic E-state index is 0.0960. The van der Waals surface area contributed by atoms with Crippen LogP contribution in [0.3, 0.4) is 0 Å². The molecule has 0 saturated carbocycles. The number of ether oxygens (including phenoxy) is 6. The standard InChI is InChI=1S/C59H88N6O14/c1-37(2)30-46-56(70)76-36-52(66)60(10)47(31-38(3)4)58(72)78-51(35-43-16-20-45(21-17-43)65-24-28-75-29-25-65)55(69)63(13)48(32-39(5)6)57(71)77-41(9)53(67)61(11)49(33-40(7)8)59(73)79-50(54(68)62(46)12)34-42-14-18-44(19-15-42)64-22-26-74-27-23-64/h14-21,37-41,46-51H,22-36H2,1-13H3/t41-,46+,47+,48+,49+,50-,51-/m1/s1. The summed E-state index contributed by atoms with van der Waals surface area (Å²) in [5.41, 5.74) is 3.18. The van der Waals surface area contributed by atoms with Crippen LogP contribution in [0.25, 0.3) is 0 Å². The van der Waals surface area contributed by atoms with E-state index in [0.717, 1.165) is 21.2 Å². The van der Waals surface area contributed by atoms with Gasteiger partial charge in [0.15, 0.2) is 24.9 Å². The Hall–Kier alpha value is -6.28. The van der Waals surface area contributed by atoms with E-state index in [1.807, 2.05) is 104 Å². The number of rotatable bonds is 14. The lowest BCUT2D eigenvalue weighted by Gasteiger charge is -2.35. The Kier molecular flexibility index (Phi) is 24.0. The third-order valence-corrected chi connectivity index (χ3v) is 14.7. The van der Waals surface area contributed by atoms with Gasteiger partial charge in [-0.3, -0.25) is 19.2 Å². The Balaban J connectivity index is 1.57. The molecule has 3 heterocycles. The average molecular weight is 1110 g/mol. The monoisotopic (exact) mass is 1100 g/mol. The number of esters is 4. The molecular formula is C59H88N6O14. The Bertz CT molecular complexity index is 2290. The highest BCUT2D eigenvalue weighted by Crippen LogP contribution is 2.26. The molecule has 0 aliphatic carbocycles. The van der Waals surface area contributed by atoms with Gasteiger partial charge in [0, 0.05) is 78.6 Å². The summed E-state index contributed by atoms with van der Waals surface area (Å²) in [7, 11) is 5.60. The highest BCUT2D eigenvalue weighted by Gasteiger charge is 2.42. The largest absolute Gasteiger partial charge is 0.454 e. The minimum Gasteiger partial charge on any atom is -0.454 e. The molecule has 20 heteroatoms. The number of carbonyl (C=O) groups is 8. The number of carbonyl (C=O) groups excluding carboxylic acids is 8. The van der Waals surface area contributed by atoms with Crippen molar-refractivity contribution >= 4 is 58.9 Å². The number of hydrogen-bond donors (Lipinski definition) is 0. The number of amides is 4. The second-order valence-corrected chi connectivity index (χ2v) is 22.9. The Morgan fingerprint density at radius 1 is 0.430 bits per heavy atom. The predicted molar refractivity (Wildman–Crippen MR) is 297 cm³/mol. The van der Waals surface area contributed by atoms with Crippen LogP contribution >= 0.6 is 0 Å². The van der Waals surface area contributed by atoms with Gasteiger partial charge in [0.25, 0.3) is 23.6 Å². The van der Waals surface area contributed by atoms with Crippen LogP contribution in [-0.4, -0.2) is 197 Å². The highest BCUT2D eigenvalue weighted by atomic mass is 16.6. The summed E-state index contributed by atoms with van der Waals surface area (Å²) in [5, 5.41) is 0. The molecule has 20 nitrogen and oxygen atoms in total. The zero-order valence-corrected chi connectivity index (χ0v) is 49.0. The van der Waals surface area contributed by atoms with Crippen LogP contribution in [0, 0.1) is 23.7 Å². The lowest BCUT2D eigenvalue weighted by Crippen LogP contribution is -2.54. The maximum Gasteiger partial charge on any atom is 0.329 e.